The van der Waals surface area contributed by atoms with Crippen LogP contribution in [0.15, 0.2) is 182 Å². The van der Waals surface area contributed by atoms with Gasteiger partial charge in [0.1, 0.15) is 61.2 Å². The molecule has 384 valence electrons. The molecule has 0 aliphatic carbocycles. The highest BCUT2D eigenvalue weighted by Crippen LogP contribution is 2.35. The van der Waals surface area contributed by atoms with Crippen LogP contribution in [0.4, 0.5) is 0 Å². The van der Waals surface area contributed by atoms with E-state index in [9.17, 15) is 9.59 Å². The Balaban J connectivity index is 1.13. The van der Waals surface area contributed by atoms with Gasteiger partial charge in [-0.05, 0) is 40.3 Å². The third-order valence-electron chi connectivity index (χ3n) is 12.6. The molecule has 0 saturated carbocycles. The average molecular weight is 995 g/mol. The van der Waals surface area contributed by atoms with Gasteiger partial charge < -0.3 is 56.9 Å². The van der Waals surface area contributed by atoms with Gasteiger partial charge >= 0.3 is 5.97 Å². The zero-order valence-corrected chi connectivity index (χ0v) is 41.5. The zero-order chi connectivity index (χ0) is 50.5. The Morgan fingerprint density at radius 2 is 0.671 bits per heavy atom. The van der Waals surface area contributed by atoms with Gasteiger partial charge in [-0.3, -0.25) is 4.79 Å². The summed E-state index contributed by atoms with van der Waals surface area (Å²) in [6.07, 6.45) is -8.64. The van der Waals surface area contributed by atoms with Gasteiger partial charge in [0.05, 0.1) is 52.7 Å². The van der Waals surface area contributed by atoms with Crippen LogP contribution in [-0.4, -0.2) is 93.5 Å². The van der Waals surface area contributed by atoms with E-state index in [1.165, 1.54) is 6.92 Å². The summed E-state index contributed by atoms with van der Waals surface area (Å²) in [7, 11) is 1.57. The number of Topliss-reactive ketones (excluding diaryl/α,β-unsaturated/α-hetero) is 1. The topological polar surface area (TPSA) is 136 Å². The monoisotopic (exact) mass is 994 g/mol. The Morgan fingerprint density at radius 1 is 0.370 bits per heavy atom. The highest BCUT2D eigenvalue weighted by Gasteiger charge is 2.52. The predicted octanol–water partition coefficient (Wildman–Crippen LogP) is 9.52. The van der Waals surface area contributed by atoms with Crippen molar-refractivity contribution in [3.8, 4) is 0 Å². The maximum atomic E-state index is 13.2. The first-order valence-electron chi connectivity index (χ1n) is 24.9. The van der Waals surface area contributed by atoms with Crippen LogP contribution in [-0.2, 0) is 101 Å². The van der Waals surface area contributed by atoms with E-state index in [4.69, 9.17) is 52.1 Å². The molecule has 73 heavy (non-hydrogen) atoms. The lowest BCUT2D eigenvalue weighted by Gasteiger charge is -2.47. The van der Waals surface area contributed by atoms with Crippen molar-refractivity contribution < 1.29 is 61.7 Å². The van der Waals surface area contributed by atoms with Gasteiger partial charge in [0.2, 0.25) is 0 Å². The second-order valence-corrected chi connectivity index (χ2v) is 18.1. The minimum atomic E-state index is -1.14. The number of benzene rings is 6. The first-order valence-corrected chi connectivity index (χ1v) is 24.9. The van der Waals surface area contributed by atoms with Crippen molar-refractivity contribution in [1.82, 2.24) is 0 Å². The van der Waals surface area contributed by atoms with Crippen molar-refractivity contribution >= 4 is 11.8 Å². The average Bonchev–Trinajstić information content (AvgIpc) is 3.44. The molecule has 0 bridgehead atoms. The van der Waals surface area contributed by atoms with Crippen molar-refractivity contribution in [2.75, 3.05) is 20.3 Å². The van der Waals surface area contributed by atoms with Crippen molar-refractivity contribution in [3.63, 3.8) is 0 Å². The third kappa shape index (κ3) is 16.3. The molecule has 6 aromatic rings. The number of carbonyl (C=O) groups excluding carboxylic acids is 2. The normalized spacial score (nSPS) is 23.9. The van der Waals surface area contributed by atoms with Crippen LogP contribution in [0.1, 0.15) is 53.1 Å². The number of methoxy groups -OCH3 is 1. The molecule has 2 aliphatic heterocycles. The zero-order valence-electron chi connectivity index (χ0n) is 41.5. The molecule has 6 aromatic carbocycles. The molecule has 0 N–H and O–H groups in total. The summed E-state index contributed by atoms with van der Waals surface area (Å²) in [5, 5.41) is 0. The molecule has 13 nitrogen and oxygen atoms in total. The van der Waals surface area contributed by atoms with Gasteiger partial charge in [-0.2, -0.15) is 0 Å². The lowest BCUT2D eigenvalue weighted by Crippen LogP contribution is -2.64. The van der Waals surface area contributed by atoms with Gasteiger partial charge in [0.25, 0.3) is 0 Å². The fourth-order valence-corrected chi connectivity index (χ4v) is 8.80. The van der Waals surface area contributed by atoms with Crippen LogP contribution in [0.3, 0.4) is 0 Å². The Morgan fingerprint density at radius 3 is 1.01 bits per heavy atom. The largest absolute Gasteiger partial charge is 0.463 e. The number of carbonyl (C=O) groups is 2. The molecule has 0 radical (unpaired) electrons. The van der Waals surface area contributed by atoms with Gasteiger partial charge in [-0.25, -0.2) is 0 Å². The van der Waals surface area contributed by atoms with Crippen molar-refractivity contribution in [3.05, 3.63) is 215 Å². The number of esters is 1. The summed E-state index contributed by atoms with van der Waals surface area (Å²) < 4.78 is 73.7. The summed E-state index contributed by atoms with van der Waals surface area (Å²) in [6, 6.07) is 59.1. The van der Waals surface area contributed by atoms with Gasteiger partial charge in [-0.1, -0.05) is 182 Å². The lowest BCUT2D eigenvalue weighted by molar-refractivity contribution is -0.350. The van der Waals surface area contributed by atoms with Crippen LogP contribution in [0, 0.1) is 0 Å². The molecule has 0 aromatic heterocycles. The predicted molar refractivity (Wildman–Crippen MR) is 271 cm³/mol. The summed E-state index contributed by atoms with van der Waals surface area (Å²) in [5.41, 5.74) is 5.64. The van der Waals surface area contributed by atoms with Crippen LogP contribution >= 0.6 is 0 Å². The molecule has 0 amide bonds. The first kappa shape index (κ1) is 53.4. The Labute approximate surface area is 428 Å². The van der Waals surface area contributed by atoms with E-state index in [-0.39, 0.29) is 71.5 Å². The highest BCUT2D eigenvalue weighted by molar-refractivity contribution is 5.80. The molecule has 2 heterocycles. The number of ketones is 1. The summed E-state index contributed by atoms with van der Waals surface area (Å²) >= 11 is 0. The SMILES string of the molecule is CO[C@@H]1O[C@H](CO[C@@H]2O[C@H](COC(=O)CCC(C)=O)[C@@H](OCc3ccccc3)[C@H](OCc3ccccc3)[C@H]2OCc2ccccc2)[C@@H](OCc2ccccc2)[C@H](OCc2ccccc2)[C@H]1OCc1ccccc1. The maximum Gasteiger partial charge on any atom is 0.306 e. The van der Waals surface area contributed by atoms with E-state index in [0.717, 1.165) is 33.4 Å². The fraction of sp³-hybridized carbons (Fsp3) is 0.367. The smallest absolute Gasteiger partial charge is 0.306 e. The van der Waals surface area contributed by atoms with E-state index in [1.54, 1.807) is 7.11 Å². The van der Waals surface area contributed by atoms with Crippen LogP contribution in [0.5, 0.6) is 0 Å². The van der Waals surface area contributed by atoms with Gasteiger partial charge in [0, 0.05) is 13.5 Å². The molecule has 2 saturated heterocycles. The first-order chi connectivity index (χ1) is 35.9. The van der Waals surface area contributed by atoms with E-state index >= 15 is 0 Å². The summed E-state index contributed by atoms with van der Waals surface area (Å²) in [4.78, 5) is 25.0. The fourth-order valence-electron chi connectivity index (χ4n) is 8.80. The molecule has 0 unspecified atom stereocenters. The number of hydrogen-bond donors (Lipinski definition) is 0. The van der Waals surface area contributed by atoms with Crippen LogP contribution < -0.4 is 0 Å². The van der Waals surface area contributed by atoms with Gasteiger partial charge in [-0.15, -0.1) is 0 Å². The van der Waals surface area contributed by atoms with E-state index in [0.29, 0.717) is 0 Å². The van der Waals surface area contributed by atoms with Crippen molar-refractivity contribution in [1.29, 1.82) is 0 Å². The molecule has 2 aliphatic rings. The third-order valence-corrected chi connectivity index (χ3v) is 12.6. The Hall–Kier alpha value is -5.94. The molecule has 0 spiro atoms. The summed E-state index contributed by atoms with van der Waals surface area (Å²) in [6.45, 7) is 2.44. The second kappa shape index (κ2) is 28.5. The molecule has 2 fully saturated rings. The molecule has 10 atom stereocenters. The number of ether oxygens (including phenoxy) is 11. The quantitative estimate of drug-likeness (QED) is 0.0454. The molecular weight excluding hydrogens is 929 g/mol. The molecule has 13 heteroatoms. The lowest BCUT2D eigenvalue weighted by atomic mass is 9.96. The summed E-state index contributed by atoms with van der Waals surface area (Å²) in [5.74, 6) is -0.669. The minimum absolute atomic E-state index is 0.0494. The standard InChI is InChI=1S/C60H66O13/c1-43(61)33-34-52(62)64-41-50-53(65-35-44-21-9-3-10-22-44)56(68-38-47-27-15-6-16-28-47)58(70-40-49-31-19-8-20-32-49)60(73-50)71-42-51-54(66-36-45-23-11-4-12-24-45)55(67-37-46-25-13-5-14-26-46)57(59(63-2)72-51)69-39-48-29-17-7-18-30-48/h3-32,50-51,53-60H,33-42H2,1-2H3/t50-,51-,53-,54-,55+,56+,57-,58-,59-,60-/m1/s1. The number of hydrogen-bond acceptors (Lipinski definition) is 13. The van der Waals surface area contributed by atoms with E-state index in [2.05, 4.69) is 0 Å². The van der Waals surface area contributed by atoms with Crippen LogP contribution in [0.25, 0.3) is 0 Å². The number of rotatable bonds is 27. The molecular formula is C60H66O13. The van der Waals surface area contributed by atoms with E-state index < -0.39 is 67.4 Å². The Kier molecular flexibility index (Phi) is 20.8. The van der Waals surface area contributed by atoms with Crippen molar-refractivity contribution in [2.24, 2.45) is 0 Å². The molecule has 8 rings (SSSR count). The second-order valence-electron chi connectivity index (χ2n) is 18.1. The highest BCUT2D eigenvalue weighted by atomic mass is 16.8. The van der Waals surface area contributed by atoms with E-state index in [1.807, 2.05) is 182 Å². The Bertz CT molecular complexity index is 2490. The van der Waals surface area contributed by atoms with Gasteiger partial charge in [0.15, 0.2) is 12.6 Å². The minimum Gasteiger partial charge on any atom is -0.463 e. The van der Waals surface area contributed by atoms with Crippen molar-refractivity contribution in [2.45, 2.75) is 121 Å². The maximum absolute atomic E-state index is 13.2. The van der Waals surface area contributed by atoms with Crippen LogP contribution in [0.2, 0.25) is 0 Å².